The summed E-state index contributed by atoms with van der Waals surface area (Å²) in [6, 6.07) is 0. The molecule has 1 rings (SSSR count). The van der Waals surface area contributed by atoms with Gasteiger partial charge < -0.3 is 0 Å². The summed E-state index contributed by atoms with van der Waals surface area (Å²) in [6.45, 7) is 0. The number of hydrogen-bond donors (Lipinski definition) is 2. The molecule has 1 aromatic heterocycles. The number of thiol groups is 1. The van der Waals surface area contributed by atoms with Crippen molar-refractivity contribution in [3.05, 3.63) is 4.80 Å². The molecule has 0 unspecified atom stereocenters. The zero-order chi connectivity index (χ0) is 10.9. The number of carbonyl (C=O) groups is 1. The number of carbonyl (C=O) groups excluding carboxylic acids is 1. The summed E-state index contributed by atoms with van der Waals surface area (Å²) in [4.78, 5) is 14.0. The van der Waals surface area contributed by atoms with Gasteiger partial charge in [0.05, 0.1) is 0 Å². The summed E-state index contributed by atoms with van der Waals surface area (Å²) in [5.74, 6) is 0. The average molecular weight is 254 g/mol. The fourth-order valence-corrected chi connectivity index (χ4v) is 2.33. The van der Waals surface area contributed by atoms with Crippen molar-refractivity contribution in [2.24, 2.45) is 17.2 Å². The molecule has 1 heterocycles. The van der Waals surface area contributed by atoms with Crippen LogP contribution >= 0.6 is 24.0 Å². The molecule has 0 aliphatic heterocycles. The summed E-state index contributed by atoms with van der Waals surface area (Å²) >= 11 is 4.12. The van der Waals surface area contributed by atoms with Crippen molar-refractivity contribution in [3.8, 4) is 0 Å². The second-order valence-electron chi connectivity index (χ2n) is 2.21. The number of hydrogen-bond acceptors (Lipinski definition) is 5. The van der Waals surface area contributed by atoms with Gasteiger partial charge in [-0.2, -0.15) is 4.99 Å². The SMILES string of the molecule is Cn1nc(S(N)(=O)=O)s/c1=N/C(=O)S. The first-order chi connectivity index (χ1) is 6.30. The molecule has 1 aromatic rings. The Hall–Kier alpha value is -0.710. The van der Waals surface area contributed by atoms with Crippen LogP contribution in [-0.2, 0) is 17.1 Å². The van der Waals surface area contributed by atoms with Gasteiger partial charge in [0.25, 0.3) is 10.0 Å². The molecule has 1 amide bonds. The predicted octanol–water partition coefficient (Wildman–Crippen LogP) is -0.920. The molecule has 0 saturated carbocycles. The molecule has 0 spiro atoms. The van der Waals surface area contributed by atoms with Crippen LogP contribution < -0.4 is 9.94 Å². The van der Waals surface area contributed by atoms with Crippen molar-refractivity contribution in [1.82, 2.24) is 9.78 Å². The maximum absolute atomic E-state index is 10.9. The van der Waals surface area contributed by atoms with E-state index in [0.29, 0.717) is 11.3 Å². The van der Waals surface area contributed by atoms with Crippen LogP contribution in [0.2, 0.25) is 0 Å². The molecule has 2 N–H and O–H groups in total. The van der Waals surface area contributed by atoms with E-state index in [-0.39, 0.29) is 9.14 Å². The van der Waals surface area contributed by atoms with Gasteiger partial charge in [0.1, 0.15) is 0 Å². The van der Waals surface area contributed by atoms with Gasteiger partial charge in [0.2, 0.25) is 9.14 Å². The number of aromatic nitrogens is 2. The van der Waals surface area contributed by atoms with E-state index in [1.165, 1.54) is 7.05 Å². The first-order valence-electron chi connectivity index (χ1n) is 3.15. The zero-order valence-electron chi connectivity index (χ0n) is 6.91. The number of rotatable bonds is 1. The molecule has 0 atom stereocenters. The second kappa shape index (κ2) is 3.81. The van der Waals surface area contributed by atoms with E-state index >= 15 is 0 Å². The number of nitrogens with two attached hydrogens (primary N) is 1. The summed E-state index contributed by atoms with van der Waals surface area (Å²) < 4.78 is 22.5. The molecule has 7 nitrogen and oxygen atoms in total. The smallest absolute Gasteiger partial charge is 0.260 e. The Balaban J connectivity index is 3.40. The van der Waals surface area contributed by atoms with E-state index in [1.54, 1.807) is 0 Å². The first kappa shape index (κ1) is 11.4. The number of primary sulfonamides is 1. The third-order valence-corrected chi connectivity index (χ3v) is 3.53. The molecule has 0 aliphatic rings. The lowest BCUT2D eigenvalue weighted by atomic mass is 11.2. The predicted molar refractivity (Wildman–Crippen MR) is 52.4 cm³/mol. The summed E-state index contributed by atoms with van der Waals surface area (Å²) in [7, 11) is -2.40. The third kappa shape index (κ3) is 2.64. The monoisotopic (exact) mass is 254 g/mol. The molecule has 0 fully saturated rings. The van der Waals surface area contributed by atoms with Crippen LogP contribution in [0.4, 0.5) is 4.79 Å². The van der Waals surface area contributed by atoms with E-state index in [0.717, 1.165) is 4.68 Å². The summed E-state index contributed by atoms with van der Waals surface area (Å²) in [5.41, 5.74) is 0. The molecule has 14 heavy (non-hydrogen) atoms. The van der Waals surface area contributed by atoms with Crippen LogP contribution in [0.1, 0.15) is 0 Å². The van der Waals surface area contributed by atoms with Gasteiger partial charge in [-0.1, -0.05) is 24.0 Å². The first-order valence-corrected chi connectivity index (χ1v) is 5.96. The quantitative estimate of drug-likeness (QED) is 0.632. The van der Waals surface area contributed by atoms with Crippen LogP contribution in [0, 0.1) is 0 Å². The Morgan fingerprint density at radius 3 is 2.64 bits per heavy atom. The van der Waals surface area contributed by atoms with Crippen LogP contribution in [-0.4, -0.2) is 23.4 Å². The van der Waals surface area contributed by atoms with Crippen LogP contribution in [0.15, 0.2) is 9.33 Å². The third-order valence-electron chi connectivity index (χ3n) is 1.12. The van der Waals surface area contributed by atoms with Crippen molar-refractivity contribution < 1.29 is 13.2 Å². The van der Waals surface area contributed by atoms with Crippen molar-refractivity contribution in [1.29, 1.82) is 0 Å². The van der Waals surface area contributed by atoms with E-state index in [2.05, 4.69) is 22.7 Å². The Bertz CT molecular complexity index is 524. The lowest BCUT2D eigenvalue weighted by Crippen LogP contribution is -2.14. The maximum atomic E-state index is 10.9. The number of amides is 1. The van der Waals surface area contributed by atoms with E-state index in [4.69, 9.17) is 5.14 Å². The lowest BCUT2D eigenvalue weighted by molar-refractivity contribution is 0.267. The number of sulfonamides is 1. The Labute approximate surface area is 88.7 Å². The Morgan fingerprint density at radius 2 is 2.29 bits per heavy atom. The van der Waals surface area contributed by atoms with Crippen molar-refractivity contribution in [3.63, 3.8) is 0 Å². The summed E-state index contributed by atoms with van der Waals surface area (Å²) in [5, 5.41) is 7.68. The molecular formula is C4H6N4O3S3. The molecule has 10 heteroatoms. The van der Waals surface area contributed by atoms with Gasteiger partial charge in [-0.15, -0.1) is 5.10 Å². The van der Waals surface area contributed by atoms with Gasteiger partial charge in [-0.25, -0.2) is 18.2 Å². The highest BCUT2D eigenvalue weighted by atomic mass is 32.2. The Morgan fingerprint density at radius 1 is 1.71 bits per heavy atom. The zero-order valence-corrected chi connectivity index (χ0v) is 9.43. The number of nitrogens with zero attached hydrogens (tertiary/aromatic N) is 3. The number of aryl methyl sites for hydroxylation is 1. The van der Waals surface area contributed by atoms with Gasteiger partial charge in [0, 0.05) is 7.05 Å². The molecule has 0 bridgehead atoms. The minimum absolute atomic E-state index is 0.119. The highest BCUT2D eigenvalue weighted by Gasteiger charge is 2.14. The van der Waals surface area contributed by atoms with E-state index < -0.39 is 15.3 Å². The standard InChI is InChI=1S/C4H6N4O3S3/c1-8-2(6-3(9)12)13-4(7-8)14(5,10)11/h1H3,(H,9,12)(H2,5,10,11)/b6-2+. The topological polar surface area (TPSA) is 107 Å². The lowest BCUT2D eigenvalue weighted by Gasteiger charge is -1.86. The van der Waals surface area contributed by atoms with Crippen molar-refractivity contribution in [2.45, 2.75) is 4.34 Å². The molecule has 78 valence electrons. The minimum Gasteiger partial charge on any atom is -0.260 e. The van der Waals surface area contributed by atoms with Gasteiger partial charge in [-0.05, 0) is 0 Å². The average Bonchev–Trinajstić information content (AvgIpc) is 2.30. The molecule has 0 saturated heterocycles. The largest absolute Gasteiger partial charge is 0.304 e. The van der Waals surface area contributed by atoms with Crippen molar-refractivity contribution in [2.75, 3.05) is 0 Å². The van der Waals surface area contributed by atoms with E-state index in [9.17, 15) is 13.2 Å². The molecule has 0 aromatic carbocycles. The van der Waals surface area contributed by atoms with Gasteiger partial charge in [0.15, 0.2) is 0 Å². The maximum Gasteiger partial charge on any atom is 0.304 e. The highest BCUT2D eigenvalue weighted by Crippen LogP contribution is 2.04. The Kier molecular flexibility index (Phi) is 3.09. The van der Waals surface area contributed by atoms with Crippen molar-refractivity contribution >= 4 is 39.2 Å². The fraction of sp³-hybridized carbons (Fsp3) is 0.250. The van der Waals surface area contributed by atoms with Crippen LogP contribution in [0.3, 0.4) is 0 Å². The van der Waals surface area contributed by atoms with Gasteiger partial charge in [-0.3, -0.25) is 4.79 Å². The molecule has 0 aliphatic carbocycles. The molecule has 0 radical (unpaired) electrons. The van der Waals surface area contributed by atoms with Gasteiger partial charge >= 0.3 is 5.24 Å². The highest BCUT2D eigenvalue weighted by molar-refractivity contribution is 7.96. The fourth-order valence-electron chi connectivity index (χ4n) is 0.622. The van der Waals surface area contributed by atoms with E-state index in [1.807, 2.05) is 0 Å². The van der Waals surface area contributed by atoms with Crippen LogP contribution in [0.5, 0.6) is 0 Å². The summed E-state index contributed by atoms with van der Waals surface area (Å²) in [6.07, 6.45) is 0. The molecular weight excluding hydrogens is 248 g/mol. The normalized spacial score (nSPS) is 13.2. The minimum atomic E-state index is -3.85. The van der Waals surface area contributed by atoms with Crippen LogP contribution in [0.25, 0.3) is 0 Å². The second-order valence-corrected chi connectivity index (χ2v) is 5.29.